The van der Waals surface area contributed by atoms with Crippen molar-refractivity contribution in [1.29, 1.82) is 0 Å². The number of carbonyl (C=O) groups is 1. The Morgan fingerprint density at radius 3 is 2.56 bits per heavy atom. The molecule has 0 aromatic heterocycles. The van der Waals surface area contributed by atoms with Crippen molar-refractivity contribution in [3.63, 3.8) is 0 Å². The van der Waals surface area contributed by atoms with Crippen LogP contribution in [0.5, 0.6) is 0 Å². The molecule has 1 aromatic rings. The molecule has 16 heavy (non-hydrogen) atoms. The van der Waals surface area contributed by atoms with Crippen LogP contribution in [0.3, 0.4) is 0 Å². The summed E-state index contributed by atoms with van der Waals surface area (Å²) in [5, 5.41) is 27.8. The zero-order chi connectivity index (χ0) is 12.3. The monoisotopic (exact) mass is 243 g/mol. The van der Waals surface area contributed by atoms with E-state index < -0.39 is 16.7 Å². The quantitative estimate of drug-likeness (QED) is 0.367. The first-order chi connectivity index (χ1) is 7.41. The normalized spacial score (nSPS) is 11.2. The first-order valence-electron chi connectivity index (χ1n) is 3.99. The first-order valence-corrected chi connectivity index (χ1v) is 4.37. The van der Waals surface area contributed by atoms with Crippen molar-refractivity contribution < 1.29 is 19.9 Å². The lowest BCUT2D eigenvalue weighted by Gasteiger charge is -1.97. The third-order valence-electron chi connectivity index (χ3n) is 1.69. The predicted molar refractivity (Wildman–Crippen MR) is 56.3 cm³/mol. The van der Waals surface area contributed by atoms with Crippen molar-refractivity contribution in [3.05, 3.63) is 44.7 Å². The average molecular weight is 244 g/mol. The van der Waals surface area contributed by atoms with E-state index in [1.165, 1.54) is 12.1 Å². The second kappa shape index (κ2) is 4.63. The van der Waals surface area contributed by atoms with Gasteiger partial charge in [0.05, 0.1) is 4.92 Å². The molecule has 0 fully saturated rings. The summed E-state index contributed by atoms with van der Waals surface area (Å²) in [7, 11) is 0. The number of nitro groups is 1. The molecule has 0 spiro atoms. The summed E-state index contributed by atoms with van der Waals surface area (Å²) < 4.78 is 0. The number of hydrogen-bond donors (Lipinski definition) is 2. The van der Waals surface area contributed by atoms with E-state index in [9.17, 15) is 14.9 Å². The largest absolute Gasteiger partial charge is 0.502 e. The van der Waals surface area contributed by atoms with Gasteiger partial charge >= 0.3 is 5.97 Å². The van der Waals surface area contributed by atoms with Gasteiger partial charge in [-0.1, -0.05) is 17.7 Å². The molecule has 1 rings (SSSR count). The number of carboxylic acids is 1. The molecule has 0 unspecified atom stereocenters. The van der Waals surface area contributed by atoms with Gasteiger partial charge < -0.3 is 10.2 Å². The van der Waals surface area contributed by atoms with Gasteiger partial charge in [-0.25, -0.2) is 4.79 Å². The molecule has 0 saturated carbocycles. The van der Waals surface area contributed by atoms with Crippen molar-refractivity contribution in [2.45, 2.75) is 0 Å². The molecular formula is C9H6ClNO5. The molecule has 0 atom stereocenters. The zero-order valence-electron chi connectivity index (χ0n) is 7.75. The second-order valence-electron chi connectivity index (χ2n) is 2.80. The molecule has 6 nitrogen and oxygen atoms in total. The van der Waals surface area contributed by atoms with E-state index in [-0.39, 0.29) is 16.3 Å². The number of aliphatic hydroxyl groups excluding tert-OH is 1. The second-order valence-corrected chi connectivity index (χ2v) is 3.21. The summed E-state index contributed by atoms with van der Waals surface area (Å²) in [5.41, 5.74) is -0.176. The zero-order valence-corrected chi connectivity index (χ0v) is 8.51. The molecule has 0 amide bonds. The van der Waals surface area contributed by atoms with Gasteiger partial charge in [0.1, 0.15) is 5.02 Å². The highest BCUT2D eigenvalue weighted by molar-refractivity contribution is 6.32. The minimum absolute atomic E-state index is 0.0584. The van der Waals surface area contributed by atoms with Crippen molar-refractivity contribution in [2.75, 3.05) is 0 Å². The number of nitro benzene ring substituents is 1. The van der Waals surface area contributed by atoms with E-state index in [0.717, 1.165) is 12.1 Å². The minimum atomic E-state index is -1.52. The lowest BCUT2D eigenvalue weighted by Crippen LogP contribution is -1.98. The lowest BCUT2D eigenvalue weighted by molar-refractivity contribution is -0.384. The number of halogens is 1. The smallest absolute Gasteiger partial charge is 0.370 e. The SMILES string of the molecule is O=C(O)/C(O)=C/c1ccc(Cl)c([N+](=O)[O-])c1. The summed E-state index contributed by atoms with van der Waals surface area (Å²) in [6, 6.07) is 3.68. The molecule has 0 aliphatic carbocycles. The van der Waals surface area contributed by atoms with Crippen LogP contribution in [-0.4, -0.2) is 21.1 Å². The van der Waals surface area contributed by atoms with Crippen LogP contribution in [0.1, 0.15) is 5.56 Å². The molecule has 0 aliphatic heterocycles. The number of carboxylic acid groups (broad SMARTS) is 1. The van der Waals surface area contributed by atoms with Gasteiger partial charge in [-0.05, 0) is 17.7 Å². The Morgan fingerprint density at radius 1 is 1.44 bits per heavy atom. The van der Waals surface area contributed by atoms with Crippen molar-refractivity contribution in [3.8, 4) is 0 Å². The van der Waals surface area contributed by atoms with Crippen LogP contribution in [0.15, 0.2) is 24.0 Å². The maximum atomic E-state index is 10.5. The number of benzene rings is 1. The topological polar surface area (TPSA) is 101 Å². The van der Waals surface area contributed by atoms with Crippen LogP contribution >= 0.6 is 11.6 Å². The van der Waals surface area contributed by atoms with Crippen LogP contribution in [0, 0.1) is 10.1 Å². The summed E-state index contributed by atoms with van der Waals surface area (Å²) >= 11 is 5.55. The molecule has 0 radical (unpaired) electrons. The number of aliphatic hydroxyl groups is 1. The number of hydrogen-bond acceptors (Lipinski definition) is 4. The number of nitrogens with zero attached hydrogens (tertiary/aromatic N) is 1. The van der Waals surface area contributed by atoms with Gasteiger partial charge in [0.2, 0.25) is 5.76 Å². The highest BCUT2D eigenvalue weighted by Crippen LogP contribution is 2.25. The van der Waals surface area contributed by atoms with Crippen LogP contribution in [0.4, 0.5) is 5.69 Å². The van der Waals surface area contributed by atoms with Crippen LogP contribution in [0.2, 0.25) is 5.02 Å². The maximum absolute atomic E-state index is 10.5. The summed E-state index contributed by atoms with van der Waals surface area (Å²) in [4.78, 5) is 20.1. The first kappa shape index (κ1) is 12.0. The Bertz CT molecular complexity index is 483. The van der Waals surface area contributed by atoms with Crippen LogP contribution < -0.4 is 0 Å². The van der Waals surface area contributed by atoms with E-state index >= 15 is 0 Å². The van der Waals surface area contributed by atoms with Gasteiger partial charge in [-0.15, -0.1) is 0 Å². The van der Waals surface area contributed by atoms with E-state index in [1.54, 1.807) is 0 Å². The molecular weight excluding hydrogens is 238 g/mol. The van der Waals surface area contributed by atoms with E-state index in [4.69, 9.17) is 21.8 Å². The molecule has 2 N–H and O–H groups in total. The Morgan fingerprint density at radius 2 is 2.06 bits per heavy atom. The Labute approximate surface area is 94.5 Å². The van der Waals surface area contributed by atoms with Gasteiger partial charge in [0, 0.05) is 6.07 Å². The molecule has 7 heteroatoms. The Kier molecular flexibility index (Phi) is 3.47. The van der Waals surface area contributed by atoms with Crippen molar-refractivity contribution >= 4 is 29.3 Å². The molecule has 0 bridgehead atoms. The fraction of sp³-hybridized carbons (Fsp3) is 0. The Balaban J connectivity index is 3.18. The predicted octanol–water partition coefficient (Wildman–Crippen LogP) is 2.23. The summed E-state index contributed by atoms with van der Waals surface area (Å²) in [5.74, 6) is -2.42. The number of aliphatic carboxylic acids is 1. The van der Waals surface area contributed by atoms with Crippen molar-refractivity contribution in [2.24, 2.45) is 0 Å². The maximum Gasteiger partial charge on any atom is 0.370 e. The van der Waals surface area contributed by atoms with Gasteiger partial charge in [-0.2, -0.15) is 0 Å². The van der Waals surface area contributed by atoms with Gasteiger partial charge in [-0.3, -0.25) is 10.1 Å². The standard InChI is InChI=1S/C9H6ClNO5/c10-6-2-1-5(3-7(6)11(15)16)4-8(12)9(13)14/h1-4,12H,(H,13,14)/b8-4-. The fourth-order valence-electron chi connectivity index (χ4n) is 0.979. The van der Waals surface area contributed by atoms with E-state index in [0.29, 0.717) is 0 Å². The molecule has 84 valence electrons. The highest BCUT2D eigenvalue weighted by atomic mass is 35.5. The van der Waals surface area contributed by atoms with E-state index in [2.05, 4.69) is 0 Å². The molecule has 1 aromatic carbocycles. The molecule has 0 heterocycles. The molecule has 0 saturated heterocycles. The van der Waals surface area contributed by atoms with Crippen molar-refractivity contribution in [1.82, 2.24) is 0 Å². The Hall–Kier alpha value is -2.08. The summed E-state index contributed by atoms with van der Waals surface area (Å²) in [6.45, 7) is 0. The lowest BCUT2D eigenvalue weighted by atomic mass is 10.2. The minimum Gasteiger partial charge on any atom is -0.502 e. The molecule has 0 aliphatic rings. The number of rotatable bonds is 3. The third-order valence-corrected chi connectivity index (χ3v) is 2.01. The van der Waals surface area contributed by atoms with Gasteiger partial charge in [0.15, 0.2) is 0 Å². The summed E-state index contributed by atoms with van der Waals surface area (Å²) in [6.07, 6.45) is 0.895. The fourth-order valence-corrected chi connectivity index (χ4v) is 1.17. The van der Waals surface area contributed by atoms with Gasteiger partial charge in [0.25, 0.3) is 5.69 Å². The third kappa shape index (κ3) is 2.71. The average Bonchev–Trinajstić information content (AvgIpc) is 2.20. The van der Waals surface area contributed by atoms with E-state index in [1.807, 2.05) is 0 Å². The van der Waals surface area contributed by atoms with Crippen LogP contribution in [0.25, 0.3) is 6.08 Å². The highest BCUT2D eigenvalue weighted by Gasteiger charge is 2.13. The van der Waals surface area contributed by atoms with Crippen LogP contribution in [-0.2, 0) is 4.79 Å².